The molecule has 0 amide bonds. The summed E-state index contributed by atoms with van der Waals surface area (Å²) < 4.78 is 2.63. The number of rotatable bonds is 8. The maximum Gasteiger partial charge on any atom is 0.0798 e. The van der Waals surface area contributed by atoms with Gasteiger partial charge in [0.2, 0.25) is 0 Å². The fourth-order valence-electron chi connectivity index (χ4n) is 10.0. The van der Waals surface area contributed by atoms with E-state index in [1.54, 1.807) is 0 Å². The number of hydrogen-bond donors (Lipinski definition) is 0. The van der Waals surface area contributed by atoms with Crippen molar-refractivity contribution in [1.82, 2.24) is 9.97 Å². The molecule has 3 saturated carbocycles. The quantitative estimate of drug-likeness (QED) is 0.112. The third-order valence-electron chi connectivity index (χ3n) is 12.6. The first-order valence-corrected chi connectivity index (χ1v) is 25.6. The zero-order valence-electron chi connectivity index (χ0n) is 35.6. The van der Waals surface area contributed by atoms with Crippen molar-refractivity contribution >= 4 is 44.8 Å². The van der Waals surface area contributed by atoms with Crippen molar-refractivity contribution in [2.24, 2.45) is 23.7 Å². The van der Waals surface area contributed by atoms with Gasteiger partial charge in [0.05, 0.1) is 8.07 Å². The van der Waals surface area contributed by atoms with Crippen LogP contribution in [0.5, 0.6) is 0 Å². The van der Waals surface area contributed by atoms with Crippen LogP contribution in [0.4, 0.5) is 0 Å². The zero-order valence-corrected chi connectivity index (χ0v) is 39.8. The van der Waals surface area contributed by atoms with Crippen molar-refractivity contribution in [1.29, 1.82) is 0 Å². The molecule has 58 heavy (non-hydrogen) atoms. The Morgan fingerprint density at radius 2 is 1.57 bits per heavy atom. The van der Waals surface area contributed by atoms with Crippen molar-refractivity contribution in [3.63, 3.8) is 0 Å². The van der Waals surface area contributed by atoms with Gasteiger partial charge in [-0.25, -0.2) is 0 Å². The summed E-state index contributed by atoms with van der Waals surface area (Å²) in [5.74, 6) is 3.45. The van der Waals surface area contributed by atoms with Gasteiger partial charge in [-0.15, -0.1) is 59.7 Å². The topological polar surface area (TPSA) is 25.8 Å². The zero-order chi connectivity index (χ0) is 39.8. The number of aryl methyl sites for hydroxylation is 3. The van der Waals surface area contributed by atoms with E-state index in [2.05, 4.69) is 144 Å². The van der Waals surface area contributed by atoms with Crippen molar-refractivity contribution in [3.8, 4) is 33.6 Å². The van der Waals surface area contributed by atoms with E-state index >= 15 is 0 Å². The van der Waals surface area contributed by atoms with Crippen molar-refractivity contribution in [3.05, 3.63) is 137 Å². The number of fused-ring (bicyclic) bond motifs is 6. The molecule has 1 radical (unpaired) electrons. The van der Waals surface area contributed by atoms with E-state index in [4.69, 9.17) is 4.98 Å². The molecular formula is C53H58IrN2SSi-2. The maximum atomic E-state index is 4.84. The van der Waals surface area contributed by atoms with Gasteiger partial charge < -0.3 is 9.97 Å². The van der Waals surface area contributed by atoms with Gasteiger partial charge in [0.15, 0.2) is 0 Å². The summed E-state index contributed by atoms with van der Waals surface area (Å²) in [6, 6.07) is 37.7. The smallest absolute Gasteiger partial charge is 0.0798 e. The molecule has 2 bridgehead atoms. The van der Waals surface area contributed by atoms with Crippen LogP contribution in [0.15, 0.2) is 97.3 Å². The number of thiophene rings is 1. The predicted molar refractivity (Wildman–Crippen MR) is 248 cm³/mol. The second kappa shape index (κ2) is 17.9. The minimum atomic E-state index is -1.34. The van der Waals surface area contributed by atoms with Gasteiger partial charge in [-0.05, 0) is 138 Å². The largest absolute Gasteiger partial charge is 0.305 e. The second-order valence-electron chi connectivity index (χ2n) is 18.6. The molecule has 10 rings (SSSR count). The molecule has 5 heteroatoms. The van der Waals surface area contributed by atoms with E-state index < -0.39 is 8.07 Å². The van der Waals surface area contributed by atoms with E-state index in [9.17, 15) is 0 Å². The fourth-order valence-corrected chi connectivity index (χ4v) is 12.8. The molecule has 3 aromatic heterocycles. The van der Waals surface area contributed by atoms with Gasteiger partial charge in [0, 0.05) is 37.2 Å². The number of nitrogens with zero attached hydrogens (tertiary/aromatic N) is 2. The Morgan fingerprint density at radius 1 is 0.793 bits per heavy atom. The molecule has 3 aliphatic rings. The number of hydrogen-bond acceptors (Lipinski definition) is 3. The van der Waals surface area contributed by atoms with E-state index in [0.29, 0.717) is 5.92 Å². The molecule has 0 saturated heterocycles. The van der Waals surface area contributed by atoms with Crippen LogP contribution in [0.2, 0.25) is 19.6 Å². The van der Waals surface area contributed by atoms with E-state index in [1.807, 2.05) is 35.7 Å². The van der Waals surface area contributed by atoms with Crippen LogP contribution >= 0.6 is 11.3 Å². The third-order valence-corrected chi connectivity index (χ3v) is 15.8. The van der Waals surface area contributed by atoms with Gasteiger partial charge in [-0.1, -0.05) is 105 Å². The normalized spacial score (nSPS) is 17.6. The van der Waals surface area contributed by atoms with Gasteiger partial charge in [0.1, 0.15) is 0 Å². The summed E-state index contributed by atoms with van der Waals surface area (Å²) in [7, 11) is -1.34. The first kappa shape index (κ1) is 42.4. The fraction of sp³-hybridized carbons (Fsp3) is 0.358. The van der Waals surface area contributed by atoms with Gasteiger partial charge >= 0.3 is 0 Å². The molecule has 1 unspecified atom stereocenters. The maximum absolute atomic E-state index is 4.84. The van der Waals surface area contributed by atoms with Crippen molar-refractivity contribution < 1.29 is 20.1 Å². The third kappa shape index (κ3) is 9.19. The average Bonchev–Trinajstić information content (AvgIpc) is 3.56. The van der Waals surface area contributed by atoms with Gasteiger partial charge in [-0.2, -0.15) is 11.3 Å². The molecular weight excluding hydrogens is 917 g/mol. The van der Waals surface area contributed by atoms with Gasteiger partial charge in [0.25, 0.3) is 0 Å². The van der Waals surface area contributed by atoms with E-state index in [0.717, 1.165) is 46.7 Å². The van der Waals surface area contributed by atoms with Crippen molar-refractivity contribution in [2.45, 2.75) is 99.2 Å². The molecule has 3 heterocycles. The summed E-state index contributed by atoms with van der Waals surface area (Å²) in [6.45, 7) is 18.4. The van der Waals surface area contributed by atoms with E-state index in [1.165, 1.54) is 103 Å². The monoisotopic (exact) mass is 975 g/mol. The minimum Gasteiger partial charge on any atom is -0.305 e. The number of benzene rings is 4. The first-order valence-electron chi connectivity index (χ1n) is 21.3. The minimum absolute atomic E-state index is 0. The molecule has 301 valence electrons. The molecule has 7 aromatic rings. The Labute approximate surface area is 366 Å². The molecule has 3 fully saturated rings. The summed E-state index contributed by atoms with van der Waals surface area (Å²) in [5, 5.41) is 4.14. The van der Waals surface area contributed by atoms with Crippen LogP contribution in [-0.2, 0) is 32.9 Å². The molecule has 0 aliphatic heterocycles. The Kier molecular flexibility index (Phi) is 13.1. The summed E-state index contributed by atoms with van der Waals surface area (Å²) >= 11 is 1.89. The second-order valence-corrected chi connectivity index (χ2v) is 24.7. The first-order chi connectivity index (χ1) is 27.4. The molecule has 0 N–H and O–H groups in total. The SMILES string of the molecule is CC(C)Cc1cc(-c2[c-]cccc2)ncc1[Si](C)(C)C.Cc1cc(C)c(-c2ccc3c(c2)sc2c(-c4cc(CC5CC6CCC5CC6)ccn4)[c-]ccc23)c(C)c1.[Ir]. The Hall–Kier alpha value is -3.73. The van der Waals surface area contributed by atoms with Crippen LogP contribution in [0.3, 0.4) is 0 Å². The summed E-state index contributed by atoms with van der Waals surface area (Å²) in [5.41, 5.74) is 14.0. The van der Waals surface area contributed by atoms with Crippen LogP contribution < -0.4 is 5.19 Å². The summed E-state index contributed by atoms with van der Waals surface area (Å²) in [4.78, 5) is 9.53. The Bertz CT molecular complexity index is 2500. The molecule has 1 atom stereocenters. The van der Waals surface area contributed by atoms with Crippen LogP contribution in [-0.4, -0.2) is 18.0 Å². The molecule has 3 aliphatic carbocycles. The Balaban J connectivity index is 0.000000208. The van der Waals surface area contributed by atoms with Crippen molar-refractivity contribution in [2.75, 3.05) is 0 Å². The van der Waals surface area contributed by atoms with E-state index in [-0.39, 0.29) is 20.1 Å². The predicted octanol–water partition coefficient (Wildman–Crippen LogP) is 14.2. The standard InChI is InChI=1S/C35H34NS.C18H24NSi.Ir/c1-21-15-22(2)34(23(3)16-21)27-11-12-29-30-5-4-6-31(35(30)37-33(29)20-27)32-19-25(13-14-36-32)18-28-17-24-7-9-26(28)10-8-24;1-14(2)11-16-12-17(15-9-7-6-8-10-15)19-13-18(16)20(3,4)5;/h4-5,11-16,19-20,24,26,28H,7-10,17-18H2,1-3H3;6-9,12-14H,11H2,1-5H3;/q2*-1;. The van der Waals surface area contributed by atoms with Crippen LogP contribution in [0.25, 0.3) is 53.8 Å². The average molecular weight is 975 g/mol. The molecule has 0 spiro atoms. The van der Waals surface area contributed by atoms with Gasteiger partial charge in [-0.3, -0.25) is 0 Å². The molecule has 2 nitrogen and oxygen atoms in total. The summed E-state index contributed by atoms with van der Waals surface area (Å²) in [6.07, 6.45) is 13.7. The molecule has 4 aromatic carbocycles. The van der Waals surface area contributed by atoms with Crippen LogP contribution in [0, 0.1) is 56.6 Å². The Morgan fingerprint density at radius 3 is 2.24 bits per heavy atom. The number of pyridine rings is 2. The number of aromatic nitrogens is 2. The van der Waals surface area contributed by atoms with Crippen LogP contribution in [0.1, 0.15) is 73.8 Å².